The van der Waals surface area contributed by atoms with Crippen LogP contribution >= 0.6 is 22.6 Å². The van der Waals surface area contributed by atoms with E-state index in [0.29, 0.717) is 22.3 Å². The van der Waals surface area contributed by atoms with Crippen molar-refractivity contribution in [2.24, 2.45) is 5.10 Å². The minimum absolute atomic E-state index is 0.0970. The number of aromatic hydroxyl groups is 1. The van der Waals surface area contributed by atoms with Gasteiger partial charge in [0.15, 0.2) is 11.5 Å². The average Bonchev–Trinajstić information content (AvgIpc) is 2.57. The van der Waals surface area contributed by atoms with E-state index >= 15 is 0 Å². The predicted octanol–water partition coefficient (Wildman–Crippen LogP) is 1.18. The Bertz CT molecular complexity index is 574. The second-order valence-electron chi connectivity index (χ2n) is 5.05. The summed E-state index contributed by atoms with van der Waals surface area (Å²) in [5, 5.41) is 13.7. The second-order valence-corrected chi connectivity index (χ2v) is 6.21. The zero-order valence-corrected chi connectivity index (χ0v) is 15.1. The van der Waals surface area contributed by atoms with Crippen molar-refractivity contribution in [2.45, 2.75) is 6.42 Å². The summed E-state index contributed by atoms with van der Waals surface area (Å²) < 4.78 is 11.0. The highest BCUT2D eigenvalue weighted by atomic mass is 127. The molecule has 8 heteroatoms. The third-order valence-corrected chi connectivity index (χ3v) is 4.25. The molecule has 1 amide bonds. The molecule has 1 aromatic rings. The van der Waals surface area contributed by atoms with Crippen LogP contribution in [-0.2, 0) is 9.53 Å². The van der Waals surface area contributed by atoms with Crippen LogP contribution in [-0.4, -0.2) is 62.1 Å². The zero-order chi connectivity index (χ0) is 16.7. The van der Waals surface area contributed by atoms with Gasteiger partial charge in [-0.3, -0.25) is 9.69 Å². The highest BCUT2D eigenvalue weighted by Gasteiger charge is 2.11. The SMILES string of the molecule is COc1cc(/C=N/NC(=O)CCN2CCOCC2)cc(I)c1O. The van der Waals surface area contributed by atoms with Gasteiger partial charge in [-0.25, -0.2) is 5.43 Å². The molecule has 0 spiro atoms. The number of hydrazone groups is 1. The molecule has 0 atom stereocenters. The molecule has 1 saturated heterocycles. The van der Waals surface area contributed by atoms with Crippen LogP contribution in [0.15, 0.2) is 17.2 Å². The summed E-state index contributed by atoms with van der Waals surface area (Å²) in [6.07, 6.45) is 1.92. The van der Waals surface area contributed by atoms with E-state index in [9.17, 15) is 9.90 Å². The first-order valence-corrected chi connectivity index (χ1v) is 8.36. The van der Waals surface area contributed by atoms with Crippen molar-refractivity contribution in [1.82, 2.24) is 10.3 Å². The molecule has 7 nitrogen and oxygen atoms in total. The molecule has 2 rings (SSSR count). The fourth-order valence-corrected chi connectivity index (χ4v) is 2.77. The van der Waals surface area contributed by atoms with E-state index in [1.807, 2.05) is 22.6 Å². The first-order valence-electron chi connectivity index (χ1n) is 7.28. The molecule has 23 heavy (non-hydrogen) atoms. The van der Waals surface area contributed by atoms with Gasteiger partial charge in [0.1, 0.15) is 0 Å². The number of phenols is 1. The van der Waals surface area contributed by atoms with Crippen LogP contribution in [0.5, 0.6) is 11.5 Å². The van der Waals surface area contributed by atoms with Crippen LogP contribution in [0.2, 0.25) is 0 Å². The Morgan fingerprint density at radius 1 is 1.52 bits per heavy atom. The predicted molar refractivity (Wildman–Crippen MR) is 95.0 cm³/mol. The van der Waals surface area contributed by atoms with Crippen molar-refractivity contribution in [3.8, 4) is 11.5 Å². The number of morpholine rings is 1. The van der Waals surface area contributed by atoms with Crippen LogP contribution in [0.25, 0.3) is 0 Å². The monoisotopic (exact) mass is 433 g/mol. The number of methoxy groups -OCH3 is 1. The summed E-state index contributed by atoms with van der Waals surface area (Å²) in [7, 11) is 1.49. The third kappa shape index (κ3) is 5.63. The first kappa shape index (κ1) is 18.0. The maximum absolute atomic E-state index is 11.8. The van der Waals surface area contributed by atoms with Gasteiger partial charge in [0.2, 0.25) is 5.91 Å². The number of hydrogen-bond donors (Lipinski definition) is 2. The normalized spacial score (nSPS) is 15.7. The van der Waals surface area contributed by atoms with Crippen LogP contribution in [0.3, 0.4) is 0 Å². The number of ether oxygens (including phenoxy) is 2. The van der Waals surface area contributed by atoms with Crippen molar-refractivity contribution in [3.63, 3.8) is 0 Å². The number of halogens is 1. The molecule has 1 aliphatic rings. The average molecular weight is 433 g/mol. The third-order valence-electron chi connectivity index (χ3n) is 3.43. The Morgan fingerprint density at radius 2 is 2.26 bits per heavy atom. The molecule has 126 valence electrons. The lowest BCUT2D eigenvalue weighted by molar-refractivity contribution is -0.121. The molecule has 1 aromatic carbocycles. The Kier molecular flexibility index (Phi) is 7.06. The lowest BCUT2D eigenvalue weighted by Gasteiger charge is -2.25. The standard InChI is InChI=1S/C15H20IN3O4/c1-22-13-9-11(8-12(16)15(13)21)10-17-18-14(20)2-3-19-4-6-23-7-5-19/h8-10,21H,2-7H2,1H3,(H,18,20)/b17-10+. The number of nitrogens with one attached hydrogen (secondary N) is 1. The van der Waals surface area contributed by atoms with E-state index in [2.05, 4.69) is 15.4 Å². The van der Waals surface area contributed by atoms with Crippen molar-refractivity contribution in [3.05, 3.63) is 21.3 Å². The van der Waals surface area contributed by atoms with Crippen molar-refractivity contribution >= 4 is 34.7 Å². The van der Waals surface area contributed by atoms with Gasteiger partial charge in [0.25, 0.3) is 0 Å². The van der Waals surface area contributed by atoms with Crippen LogP contribution in [0.1, 0.15) is 12.0 Å². The maximum atomic E-state index is 11.8. The molecule has 0 unspecified atom stereocenters. The number of nitrogens with zero attached hydrogens (tertiary/aromatic N) is 2. The number of carbonyl (C=O) groups excluding carboxylic acids is 1. The van der Waals surface area contributed by atoms with Gasteiger partial charge < -0.3 is 14.6 Å². The number of carbonyl (C=O) groups is 1. The largest absolute Gasteiger partial charge is 0.504 e. The topological polar surface area (TPSA) is 83.4 Å². The molecule has 2 N–H and O–H groups in total. The summed E-state index contributed by atoms with van der Waals surface area (Å²) in [6.45, 7) is 3.88. The number of phenolic OH excluding ortho intramolecular Hbond substituents is 1. The molecule has 0 aliphatic carbocycles. The minimum Gasteiger partial charge on any atom is -0.504 e. The van der Waals surface area contributed by atoms with E-state index in [4.69, 9.17) is 9.47 Å². The fourth-order valence-electron chi connectivity index (χ4n) is 2.14. The van der Waals surface area contributed by atoms with Crippen molar-refractivity contribution in [1.29, 1.82) is 0 Å². The van der Waals surface area contributed by atoms with Gasteiger partial charge in [-0.1, -0.05) is 0 Å². The Hall–Kier alpha value is -1.39. The Morgan fingerprint density at radius 3 is 2.96 bits per heavy atom. The van der Waals surface area contributed by atoms with Gasteiger partial charge in [0, 0.05) is 26.1 Å². The number of hydrogen-bond acceptors (Lipinski definition) is 6. The van der Waals surface area contributed by atoms with E-state index in [0.717, 1.165) is 31.9 Å². The van der Waals surface area contributed by atoms with Crippen molar-refractivity contribution < 1.29 is 19.4 Å². The fraction of sp³-hybridized carbons (Fsp3) is 0.467. The zero-order valence-electron chi connectivity index (χ0n) is 12.9. The highest BCUT2D eigenvalue weighted by Crippen LogP contribution is 2.31. The molecule has 1 fully saturated rings. The Balaban J connectivity index is 1.81. The summed E-state index contributed by atoms with van der Waals surface area (Å²) in [4.78, 5) is 14.0. The second kappa shape index (κ2) is 9.04. The number of amides is 1. The summed E-state index contributed by atoms with van der Waals surface area (Å²) in [6, 6.07) is 3.41. The summed E-state index contributed by atoms with van der Waals surface area (Å²) >= 11 is 2.01. The van der Waals surface area contributed by atoms with E-state index < -0.39 is 0 Å². The number of benzene rings is 1. The molecule has 0 radical (unpaired) electrons. The number of rotatable bonds is 6. The van der Waals surface area contributed by atoms with E-state index in [1.54, 1.807) is 12.1 Å². The summed E-state index contributed by atoms with van der Waals surface area (Å²) in [5.41, 5.74) is 3.24. The van der Waals surface area contributed by atoms with Gasteiger partial charge in [-0.2, -0.15) is 5.10 Å². The molecule has 0 saturated carbocycles. The highest BCUT2D eigenvalue weighted by molar-refractivity contribution is 14.1. The first-order chi connectivity index (χ1) is 11.1. The molecule has 0 bridgehead atoms. The maximum Gasteiger partial charge on any atom is 0.241 e. The van der Waals surface area contributed by atoms with Gasteiger partial charge in [0.05, 0.1) is 30.1 Å². The smallest absolute Gasteiger partial charge is 0.241 e. The van der Waals surface area contributed by atoms with E-state index in [1.165, 1.54) is 13.3 Å². The van der Waals surface area contributed by atoms with Crippen molar-refractivity contribution in [2.75, 3.05) is 40.0 Å². The van der Waals surface area contributed by atoms with Crippen LogP contribution in [0.4, 0.5) is 0 Å². The van der Waals surface area contributed by atoms with Gasteiger partial charge in [-0.15, -0.1) is 0 Å². The van der Waals surface area contributed by atoms with Gasteiger partial charge >= 0.3 is 0 Å². The minimum atomic E-state index is -0.131. The van der Waals surface area contributed by atoms with Crippen LogP contribution in [0, 0.1) is 3.57 Å². The van der Waals surface area contributed by atoms with Gasteiger partial charge in [-0.05, 0) is 40.3 Å². The van der Waals surface area contributed by atoms with E-state index in [-0.39, 0.29) is 11.7 Å². The molecule has 1 heterocycles. The van der Waals surface area contributed by atoms with Crippen LogP contribution < -0.4 is 10.2 Å². The molecule has 0 aromatic heterocycles. The molecular weight excluding hydrogens is 413 g/mol. The lowest BCUT2D eigenvalue weighted by atomic mass is 10.2. The summed E-state index contributed by atoms with van der Waals surface area (Å²) in [5.74, 6) is 0.338. The Labute approximate surface area is 148 Å². The molecule has 1 aliphatic heterocycles. The lowest BCUT2D eigenvalue weighted by Crippen LogP contribution is -2.38. The quantitative estimate of drug-likeness (QED) is 0.400. The molecular formula is C15H20IN3O4.